The molecule has 2 aliphatic carbocycles. The first-order chi connectivity index (χ1) is 10.2. The molecule has 0 radical (unpaired) electrons. The van der Waals surface area contributed by atoms with Gasteiger partial charge in [-0.15, -0.1) is 0 Å². The molecule has 116 valence electrons. The molecule has 0 unspecified atom stereocenters. The summed E-state index contributed by atoms with van der Waals surface area (Å²) >= 11 is 0. The van der Waals surface area contributed by atoms with E-state index in [1.807, 2.05) is 7.05 Å². The number of rotatable bonds is 8. The molecule has 1 aromatic heterocycles. The van der Waals surface area contributed by atoms with Crippen LogP contribution in [-0.4, -0.2) is 41.6 Å². The van der Waals surface area contributed by atoms with Gasteiger partial charge in [-0.05, 0) is 50.9 Å². The third kappa shape index (κ3) is 3.04. The summed E-state index contributed by atoms with van der Waals surface area (Å²) in [5.41, 5.74) is 0.543. The van der Waals surface area contributed by atoms with Crippen molar-refractivity contribution in [1.29, 1.82) is 0 Å². The molecular formula is C15H26N6. The molecular weight excluding hydrogens is 264 g/mol. The molecule has 0 amide bonds. The fourth-order valence-electron chi connectivity index (χ4n) is 3.04. The molecule has 2 saturated carbocycles. The maximum absolute atomic E-state index is 4.59. The fourth-order valence-corrected chi connectivity index (χ4v) is 3.04. The third-order valence-corrected chi connectivity index (χ3v) is 4.83. The van der Waals surface area contributed by atoms with Crippen LogP contribution in [0.1, 0.15) is 39.5 Å². The van der Waals surface area contributed by atoms with Crippen LogP contribution >= 0.6 is 0 Å². The summed E-state index contributed by atoms with van der Waals surface area (Å²) in [4.78, 5) is 15.6. The van der Waals surface area contributed by atoms with Crippen molar-refractivity contribution in [1.82, 2.24) is 15.0 Å². The molecule has 0 aromatic carbocycles. The summed E-state index contributed by atoms with van der Waals surface area (Å²) in [5.74, 6) is 3.02. The highest BCUT2D eigenvalue weighted by Crippen LogP contribution is 2.61. The Morgan fingerprint density at radius 2 is 1.76 bits per heavy atom. The molecule has 21 heavy (non-hydrogen) atoms. The van der Waals surface area contributed by atoms with Gasteiger partial charge in [-0.3, -0.25) is 0 Å². The number of anilines is 3. The van der Waals surface area contributed by atoms with Crippen molar-refractivity contribution < 1.29 is 0 Å². The second kappa shape index (κ2) is 5.66. The highest BCUT2D eigenvalue weighted by atomic mass is 15.3. The quantitative estimate of drug-likeness (QED) is 0.766. The van der Waals surface area contributed by atoms with Gasteiger partial charge in [0.15, 0.2) is 0 Å². The van der Waals surface area contributed by atoms with Crippen LogP contribution in [0.4, 0.5) is 17.8 Å². The van der Waals surface area contributed by atoms with Crippen LogP contribution in [0, 0.1) is 11.3 Å². The molecule has 2 fully saturated rings. The number of nitrogens with zero attached hydrogens (tertiary/aromatic N) is 4. The van der Waals surface area contributed by atoms with E-state index < -0.39 is 0 Å². The van der Waals surface area contributed by atoms with E-state index in [9.17, 15) is 0 Å². The summed E-state index contributed by atoms with van der Waals surface area (Å²) in [6.07, 6.45) is 5.53. The molecule has 1 heterocycles. The first-order valence-electron chi connectivity index (χ1n) is 8.13. The van der Waals surface area contributed by atoms with Crippen molar-refractivity contribution in [3.05, 3.63) is 0 Å². The van der Waals surface area contributed by atoms with Gasteiger partial charge in [-0.2, -0.15) is 15.0 Å². The largest absolute Gasteiger partial charge is 0.357 e. The van der Waals surface area contributed by atoms with Crippen molar-refractivity contribution in [2.45, 2.75) is 39.5 Å². The molecule has 2 N–H and O–H groups in total. The number of aromatic nitrogens is 3. The Balaban J connectivity index is 1.72. The molecule has 6 heteroatoms. The van der Waals surface area contributed by atoms with E-state index in [-0.39, 0.29) is 0 Å². The summed E-state index contributed by atoms with van der Waals surface area (Å²) in [6, 6.07) is 0. The van der Waals surface area contributed by atoms with Gasteiger partial charge in [0.1, 0.15) is 0 Å². The Morgan fingerprint density at radius 3 is 2.29 bits per heavy atom. The summed E-state index contributed by atoms with van der Waals surface area (Å²) in [5, 5.41) is 6.49. The van der Waals surface area contributed by atoms with Gasteiger partial charge in [-0.1, -0.05) is 0 Å². The first kappa shape index (κ1) is 14.4. The lowest BCUT2D eigenvalue weighted by Crippen LogP contribution is -2.26. The zero-order valence-corrected chi connectivity index (χ0v) is 13.3. The average Bonchev–Trinajstić information content (AvgIpc) is 3.39. The van der Waals surface area contributed by atoms with E-state index in [1.54, 1.807) is 0 Å². The Kier molecular flexibility index (Phi) is 3.87. The number of hydrogen-bond donors (Lipinski definition) is 2. The van der Waals surface area contributed by atoms with Gasteiger partial charge >= 0.3 is 0 Å². The highest BCUT2D eigenvalue weighted by Gasteiger charge is 2.53. The van der Waals surface area contributed by atoms with Crippen LogP contribution in [0.2, 0.25) is 0 Å². The summed E-state index contributed by atoms with van der Waals surface area (Å²) in [6.45, 7) is 7.03. The molecule has 3 rings (SSSR count). The molecule has 0 atom stereocenters. The molecule has 1 aromatic rings. The van der Waals surface area contributed by atoms with Gasteiger partial charge < -0.3 is 15.5 Å². The minimum absolute atomic E-state index is 0.543. The zero-order chi connectivity index (χ0) is 14.9. The van der Waals surface area contributed by atoms with Gasteiger partial charge in [0.25, 0.3) is 0 Å². The molecule has 2 aliphatic rings. The van der Waals surface area contributed by atoms with Gasteiger partial charge in [0.2, 0.25) is 17.8 Å². The normalized spacial score (nSPS) is 19.2. The Bertz CT molecular complexity index is 491. The average molecular weight is 290 g/mol. The molecule has 0 saturated heterocycles. The Labute approximate surface area is 126 Å². The summed E-state index contributed by atoms with van der Waals surface area (Å²) in [7, 11) is 1.84. The smallest absolute Gasteiger partial charge is 0.231 e. The first-order valence-corrected chi connectivity index (χ1v) is 8.13. The van der Waals surface area contributed by atoms with Crippen LogP contribution in [-0.2, 0) is 0 Å². The van der Waals surface area contributed by atoms with E-state index >= 15 is 0 Å². The molecule has 6 nitrogen and oxygen atoms in total. The van der Waals surface area contributed by atoms with Gasteiger partial charge in [0, 0.05) is 26.7 Å². The Morgan fingerprint density at radius 1 is 1.10 bits per heavy atom. The van der Waals surface area contributed by atoms with E-state index in [0.717, 1.165) is 31.5 Å². The third-order valence-electron chi connectivity index (χ3n) is 4.83. The van der Waals surface area contributed by atoms with Crippen LogP contribution in [0.5, 0.6) is 0 Å². The number of nitrogens with one attached hydrogen (secondary N) is 2. The Hall–Kier alpha value is -1.59. The van der Waals surface area contributed by atoms with Crippen LogP contribution in [0.3, 0.4) is 0 Å². The van der Waals surface area contributed by atoms with E-state index in [0.29, 0.717) is 17.3 Å². The highest BCUT2D eigenvalue weighted by molar-refractivity contribution is 5.43. The van der Waals surface area contributed by atoms with Crippen molar-refractivity contribution in [3.63, 3.8) is 0 Å². The SMILES string of the molecule is CCN(CC)c1nc(NC)nc(NCC2(C3CC3)CC2)n1. The monoisotopic (exact) mass is 290 g/mol. The second-order valence-electron chi connectivity index (χ2n) is 6.20. The van der Waals surface area contributed by atoms with Crippen LogP contribution < -0.4 is 15.5 Å². The predicted octanol–water partition coefficient (Wildman–Crippen LogP) is 2.36. The van der Waals surface area contributed by atoms with Crippen molar-refractivity contribution in [3.8, 4) is 0 Å². The van der Waals surface area contributed by atoms with E-state index in [4.69, 9.17) is 0 Å². The molecule has 0 spiro atoms. The van der Waals surface area contributed by atoms with Crippen molar-refractivity contribution in [2.75, 3.05) is 42.2 Å². The molecule has 0 aliphatic heterocycles. The van der Waals surface area contributed by atoms with Crippen molar-refractivity contribution in [2.24, 2.45) is 11.3 Å². The number of hydrogen-bond acceptors (Lipinski definition) is 6. The second-order valence-corrected chi connectivity index (χ2v) is 6.20. The lowest BCUT2D eigenvalue weighted by atomic mass is 10.0. The maximum atomic E-state index is 4.59. The van der Waals surface area contributed by atoms with Crippen LogP contribution in [0.15, 0.2) is 0 Å². The van der Waals surface area contributed by atoms with E-state index in [1.165, 1.54) is 25.7 Å². The predicted molar refractivity (Wildman–Crippen MR) is 85.8 cm³/mol. The summed E-state index contributed by atoms with van der Waals surface area (Å²) < 4.78 is 0. The van der Waals surface area contributed by atoms with Gasteiger partial charge in [-0.25, -0.2) is 0 Å². The standard InChI is InChI=1S/C15H26N6/c1-4-21(5-2)14-19-12(16-3)18-13(20-14)17-10-15(8-9-15)11-6-7-11/h11H,4-10H2,1-3H3,(H2,16,17,18,19,20). The zero-order valence-electron chi connectivity index (χ0n) is 13.3. The minimum Gasteiger partial charge on any atom is -0.357 e. The minimum atomic E-state index is 0.543. The lowest BCUT2D eigenvalue weighted by Gasteiger charge is -2.20. The maximum Gasteiger partial charge on any atom is 0.231 e. The van der Waals surface area contributed by atoms with Gasteiger partial charge in [0.05, 0.1) is 0 Å². The lowest BCUT2D eigenvalue weighted by molar-refractivity contribution is 0.465. The molecule has 0 bridgehead atoms. The van der Waals surface area contributed by atoms with Crippen LogP contribution in [0.25, 0.3) is 0 Å². The topological polar surface area (TPSA) is 66.0 Å². The van der Waals surface area contributed by atoms with Crippen molar-refractivity contribution >= 4 is 17.8 Å². The van der Waals surface area contributed by atoms with E-state index in [2.05, 4.69) is 44.3 Å². The fraction of sp³-hybridized carbons (Fsp3) is 0.800.